The average Bonchev–Trinajstić information content (AvgIpc) is 2.53. The molecule has 0 aliphatic carbocycles. The Morgan fingerprint density at radius 1 is 0.952 bits per heavy atom. The van der Waals surface area contributed by atoms with Crippen LogP contribution in [-0.2, 0) is 4.79 Å². The second kappa shape index (κ2) is 6.10. The summed E-state index contributed by atoms with van der Waals surface area (Å²) in [4.78, 5) is 11.8. The Hall–Kier alpha value is -2.13. The second-order valence-electron chi connectivity index (χ2n) is 5.50. The molecule has 2 aromatic rings. The summed E-state index contributed by atoms with van der Waals surface area (Å²) in [6.07, 6.45) is 0.397. The molecule has 108 valence electrons. The van der Waals surface area contributed by atoms with Crippen LogP contribution < -0.4 is 5.32 Å². The molecule has 0 radical (unpaired) electrons. The van der Waals surface area contributed by atoms with Crippen LogP contribution in [0.4, 0.5) is 0 Å². The minimum Gasteiger partial charge on any atom is -0.391 e. The predicted molar refractivity (Wildman–Crippen MR) is 81.9 cm³/mol. The number of carbonyl (C=O) groups excluding carboxylic acids is 1. The number of aliphatic hydroxyl groups excluding tert-OH is 1. The van der Waals surface area contributed by atoms with Crippen LogP contribution in [0.1, 0.15) is 29.9 Å². The van der Waals surface area contributed by atoms with Crippen LogP contribution in [0.5, 0.6) is 0 Å². The second-order valence-corrected chi connectivity index (χ2v) is 5.50. The Bertz CT molecular complexity index is 558. The van der Waals surface area contributed by atoms with Gasteiger partial charge in [0.15, 0.2) is 0 Å². The zero-order valence-electron chi connectivity index (χ0n) is 11.8. The summed E-state index contributed by atoms with van der Waals surface area (Å²) >= 11 is 0. The highest BCUT2D eigenvalue weighted by molar-refractivity contribution is 5.77. The smallest absolute Gasteiger partial charge is 0.220 e. The van der Waals surface area contributed by atoms with Crippen molar-refractivity contribution in [1.29, 1.82) is 0 Å². The largest absolute Gasteiger partial charge is 0.391 e. The van der Waals surface area contributed by atoms with E-state index in [1.54, 1.807) is 0 Å². The molecule has 1 saturated heterocycles. The van der Waals surface area contributed by atoms with Crippen molar-refractivity contribution >= 4 is 5.91 Å². The van der Waals surface area contributed by atoms with Crippen LogP contribution in [0, 0.1) is 0 Å². The van der Waals surface area contributed by atoms with Crippen molar-refractivity contribution in [3.05, 3.63) is 71.8 Å². The van der Waals surface area contributed by atoms with Gasteiger partial charge in [0.2, 0.25) is 5.91 Å². The van der Waals surface area contributed by atoms with Gasteiger partial charge in [-0.1, -0.05) is 60.7 Å². The van der Waals surface area contributed by atoms with Crippen LogP contribution in [0.3, 0.4) is 0 Å². The van der Waals surface area contributed by atoms with Crippen molar-refractivity contribution in [1.82, 2.24) is 5.32 Å². The van der Waals surface area contributed by atoms with Gasteiger partial charge in [-0.25, -0.2) is 0 Å². The zero-order chi connectivity index (χ0) is 14.7. The van der Waals surface area contributed by atoms with Crippen LogP contribution in [-0.4, -0.2) is 23.2 Å². The molecule has 0 saturated carbocycles. The summed E-state index contributed by atoms with van der Waals surface area (Å²) in [5.41, 5.74) is 2.21. The normalized spacial score (nSPS) is 22.1. The van der Waals surface area contributed by atoms with E-state index in [0.717, 1.165) is 11.1 Å². The number of benzene rings is 2. The molecule has 3 heteroatoms. The van der Waals surface area contributed by atoms with E-state index in [-0.39, 0.29) is 17.9 Å². The molecule has 0 bridgehead atoms. The lowest BCUT2D eigenvalue weighted by Crippen LogP contribution is -2.51. The Balaban J connectivity index is 2.02. The highest BCUT2D eigenvalue weighted by Gasteiger charge is 2.35. The Morgan fingerprint density at radius 2 is 1.48 bits per heavy atom. The first-order valence-corrected chi connectivity index (χ1v) is 7.33. The Kier molecular flexibility index (Phi) is 4.02. The summed E-state index contributed by atoms with van der Waals surface area (Å²) in [7, 11) is 0. The summed E-state index contributed by atoms with van der Waals surface area (Å²) in [6, 6.07) is 19.8. The van der Waals surface area contributed by atoms with Gasteiger partial charge in [-0.2, -0.15) is 0 Å². The number of hydrogen-bond acceptors (Lipinski definition) is 2. The molecule has 1 aliphatic rings. The zero-order valence-corrected chi connectivity index (χ0v) is 11.8. The number of rotatable bonds is 3. The van der Waals surface area contributed by atoms with E-state index in [0.29, 0.717) is 12.8 Å². The maximum Gasteiger partial charge on any atom is 0.220 e. The van der Waals surface area contributed by atoms with Crippen LogP contribution in [0.25, 0.3) is 0 Å². The number of piperidine rings is 1. The van der Waals surface area contributed by atoms with Gasteiger partial charge in [0.05, 0.1) is 12.1 Å². The molecule has 0 spiro atoms. The summed E-state index contributed by atoms with van der Waals surface area (Å²) in [6.45, 7) is 0. The van der Waals surface area contributed by atoms with Gasteiger partial charge in [0, 0.05) is 12.3 Å². The molecule has 0 unspecified atom stereocenters. The number of hydrogen-bond donors (Lipinski definition) is 2. The van der Waals surface area contributed by atoms with Gasteiger partial charge in [-0.15, -0.1) is 0 Å². The Labute approximate surface area is 124 Å². The number of aliphatic hydroxyl groups is 1. The molecule has 1 aliphatic heterocycles. The molecule has 0 aromatic heterocycles. The van der Waals surface area contributed by atoms with E-state index < -0.39 is 6.10 Å². The van der Waals surface area contributed by atoms with Crippen LogP contribution in [0.15, 0.2) is 60.7 Å². The maximum atomic E-state index is 11.8. The van der Waals surface area contributed by atoms with E-state index in [1.807, 2.05) is 60.7 Å². The van der Waals surface area contributed by atoms with Crippen molar-refractivity contribution < 1.29 is 9.90 Å². The number of amides is 1. The molecule has 3 nitrogen and oxygen atoms in total. The quantitative estimate of drug-likeness (QED) is 0.908. The van der Waals surface area contributed by atoms with E-state index in [2.05, 4.69) is 5.32 Å². The lowest BCUT2D eigenvalue weighted by Gasteiger charge is -2.35. The average molecular weight is 281 g/mol. The van der Waals surface area contributed by atoms with Gasteiger partial charge in [-0.3, -0.25) is 4.79 Å². The van der Waals surface area contributed by atoms with Gasteiger partial charge >= 0.3 is 0 Å². The van der Waals surface area contributed by atoms with E-state index in [9.17, 15) is 9.90 Å². The monoisotopic (exact) mass is 281 g/mol. The van der Waals surface area contributed by atoms with Gasteiger partial charge in [0.1, 0.15) is 0 Å². The molecule has 2 atom stereocenters. The molecule has 21 heavy (non-hydrogen) atoms. The van der Waals surface area contributed by atoms with E-state index >= 15 is 0 Å². The molecule has 3 rings (SSSR count). The fourth-order valence-corrected chi connectivity index (χ4v) is 3.05. The molecule has 1 amide bonds. The third-order valence-corrected chi connectivity index (χ3v) is 4.09. The lowest BCUT2D eigenvalue weighted by molar-refractivity contribution is -0.126. The molecular weight excluding hydrogens is 262 g/mol. The number of carbonyl (C=O) groups is 1. The first-order chi connectivity index (χ1) is 10.3. The summed E-state index contributed by atoms with van der Waals surface area (Å²) in [5.74, 6) is -0.0196. The summed E-state index contributed by atoms with van der Waals surface area (Å²) in [5, 5.41) is 13.3. The van der Waals surface area contributed by atoms with Crippen molar-refractivity contribution in [2.24, 2.45) is 0 Å². The maximum absolute atomic E-state index is 11.8. The Morgan fingerprint density at radius 3 is 2.00 bits per heavy atom. The predicted octanol–water partition coefficient (Wildman–Crippen LogP) is 2.46. The van der Waals surface area contributed by atoms with E-state index in [1.165, 1.54) is 0 Å². The fourth-order valence-electron chi connectivity index (χ4n) is 3.05. The third kappa shape index (κ3) is 2.98. The summed E-state index contributed by atoms with van der Waals surface area (Å²) < 4.78 is 0. The van der Waals surface area contributed by atoms with E-state index in [4.69, 9.17) is 0 Å². The SMILES string of the molecule is O=C1CC[C@H](O)[C@H](C(c2ccccc2)c2ccccc2)N1. The first-order valence-electron chi connectivity index (χ1n) is 7.33. The molecular formula is C18H19NO2. The molecule has 2 N–H and O–H groups in total. The molecule has 2 aromatic carbocycles. The highest BCUT2D eigenvalue weighted by Crippen LogP contribution is 2.32. The highest BCUT2D eigenvalue weighted by atomic mass is 16.3. The minimum atomic E-state index is -0.520. The van der Waals surface area contributed by atoms with Crippen molar-refractivity contribution in [2.45, 2.75) is 30.9 Å². The van der Waals surface area contributed by atoms with Gasteiger partial charge in [-0.05, 0) is 17.5 Å². The topological polar surface area (TPSA) is 49.3 Å². The van der Waals surface area contributed by atoms with Crippen LogP contribution >= 0.6 is 0 Å². The molecule has 1 fully saturated rings. The minimum absolute atomic E-state index is 0.0159. The van der Waals surface area contributed by atoms with Crippen molar-refractivity contribution in [3.8, 4) is 0 Å². The lowest BCUT2D eigenvalue weighted by atomic mass is 9.80. The third-order valence-electron chi connectivity index (χ3n) is 4.09. The number of nitrogens with one attached hydrogen (secondary N) is 1. The van der Waals surface area contributed by atoms with Crippen LogP contribution in [0.2, 0.25) is 0 Å². The van der Waals surface area contributed by atoms with Crippen molar-refractivity contribution in [3.63, 3.8) is 0 Å². The first kappa shape index (κ1) is 13.8. The standard InChI is InChI=1S/C18H19NO2/c20-15-11-12-16(21)19-18(15)17(13-7-3-1-4-8-13)14-9-5-2-6-10-14/h1-10,15,17-18,20H,11-12H2,(H,19,21)/t15-,18+/m0/s1. The van der Waals surface area contributed by atoms with Crippen molar-refractivity contribution in [2.75, 3.05) is 0 Å². The fraction of sp³-hybridized carbons (Fsp3) is 0.278. The van der Waals surface area contributed by atoms with Gasteiger partial charge < -0.3 is 10.4 Å². The van der Waals surface area contributed by atoms with Gasteiger partial charge in [0.25, 0.3) is 0 Å². The molecule has 1 heterocycles.